The summed E-state index contributed by atoms with van der Waals surface area (Å²) in [5.41, 5.74) is 8.21. The van der Waals surface area contributed by atoms with Crippen molar-refractivity contribution in [1.82, 2.24) is 31.5 Å². The van der Waals surface area contributed by atoms with Gasteiger partial charge in [-0.15, -0.1) is 11.3 Å². The molecule has 0 radical (unpaired) electrons. The van der Waals surface area contributed by atoms with Gasteiger partial charge in [-0.3, -0.25) is 10.4 Å². The number of amides is 2. The molecule has 2 aromatic rings. The van der Waals surface area contributed by atoms with Crippen LogP contribution >= 0.6 is 11.3 Å². The summed E-state index contributed by atoms with van der Waals surface area (Å²) in [5, 5.41) is 6.95. The number of rotatable bonds is 5. The van der Waals surface area contributed by atoms with Crippen molar-refractivity contribution in [3.05, 3.63) is 45.7 Å². The van der Waals surface area contributed by atoms with E-state index >= 15 is 0 Å². The van der Waals surface area contributed by atoms with Crippen molar-refractivity contribution in [2.45, 2.75) is 32.4 Å². The van der Waals surface area contributed by atoms with Crippen molar-refractivity contribution in [2.75, 3.05) is 13.1 Å². The summed E-state index contributed by atoms with van der Waals surface area (Å²) < 4.78 is 0. The number of hydrogen-bond donors (Lipinski definition) is 4. The minimum atomic E-state index is -0.170. The highest BCUT2D eigenvalue weighted by atomic mass is 32.1. The van der Waals surface area contributed by atoms with Gasteiger partial charge in [0.15, 0.2) is 0 Å². The van der Waals surface area contributed by atoms with E-state index in [0.717, 1.165) is 22.8 Å². The predicted molar refractivity (Wildman–Crippen MR) is 93.7 cm³/mol. The first-order valence-electron chi connectivity index (χ1n) is 8.00. The van der Waals surface area contributed by atoms with E-state index in [1.807, 2.05) is 25.1 Å². The van der Waals surface area contributed by atoms with Gasteiger partial charge in [-0.25, -0.2) is 15.2 Å². The highest BCUT2D eigenvalue weighted by molar-refractivity contribution is 7.11. The topological polar surface area (TPSA) is 91.0 Å². The van der Waals surface area contributed by atoms with Crippen LogP contribution in [0.25, 0.3) is 0 Å². The van der Waals surface area contributed by atoms with Crippen molar-refractivity contribution in [2.24, 2.45) is 0 Å². The van der Waals surface area contributed by atoms with Crippen LogP contribution in [0, 0.1) is 13.8 Å². The van der Waals surface area contributed by atoms with Crippen LogP contribution in [-0.4, -0.2) is 35.1 Å². The Kier molecular flexibility index (Phi) is 5.39. The Hall–Kier alpha value is -2.03. The monoisotopic (exact) mass is 346 g/mol. The molecule has 128 valence electrons. The lowest BCUT2D eigenvalue weighted by molar-refractivity contribution is 0.236. The van der Waals surface area contributed by atoms with Gasteiger partial charge in [-0.05, 0) is 26.0 Å². The third-order valence-electron chi connectivity index (χ3n) is 4.00. The summed E-state index contributed by atoms with van der Waals surface area (Å²) in [6.07, 6.45) is 2.50. The Morgan fingerprint density at radius 1 is 1.42 bits per heavy atom. The van der Waals surface area contributed by atoms with Gasteiger partial charge in [0.25, 0.3) is 0 Å². The molecule has 2 unspecified atom stereocenters. The standard InChI is InChI=1S/C16H22N6OS/c1-10-11(2)24-14(20-10)6-8-18-16(23)21-13-9-19-22-15(13)12-5-3-4-7-17-12/h3-5,7,13,15,19,22H,6,8-9H2,1-2H3,(H2,18,21,23). The van der Waals surface area contributed by atoms with Gasteiger partial charge >= 0.3 is 6.03 Å². The van der Waals surface area contributed by atoms with Crippen molar-refractivity contribution >= 4 is 17.4 Å². The van der Waals surface area contributed by atoms with Gasteiger partial charge in [0, 0.05) is 30.6 Å². The maximum absolute atomic E-state index is 12.1. The summed E-state index contributed by atoms with van der Waals surface area (Å²) in [6.45, 7) is 5.29. The highest BCUT2D eigenvalue weighted by Crippen LogP contribution is 2.17. The van der Waals surface area contributed by atoms with Crippen LogP contribution in [0.3, 0.4) is 0 Å². The van der Waals surface area contributed by atoms with Gasteiger partial charge < -0.3 is 10.6 Å². The molecule has 0 bridgehead atoms. The van der Waals surface area contributed by atoms with Crippen LogP contribution in [0.2, 0.25) is 0 Å². The van der Waals surface area contributed by atoms with Crippen LogP contribution in [0.4, 0.5) is 4.79 Å². The maximum Gasteiger partial charge on any atom is 0.315 e. The molecule has 1 fully saturated rings. The lowest BCUT2D eigenvalue weighted by Gasteiger charge is -2.19. The maximum atomic E-state index is 12.1. The molecule has 1 aliphatic rings. The van der Waals surface area contributed by atoms with E-state index in [1.54, 1.807) is 17.5 Å². The van der Waals surface area contributed by atoms with E-state index < -0.39 is 0 Å². The van der Waals surface area contributed by atoms with E-state index in [4.69, 9.17) is 0 Å². The largest absolute Gasteiger partial charge is 0.338 e. The number of thiazole rings is 1. The Bertz CT molecular complexity index is 670. The Morgan fingerprint density at radius 3 is 3.00 bits per heavy atom. The van der Waals surface area contributed by atoms with E-state index in [2.05, 4.69) is 38.4 Å². The number of nitrogens with one attached hydrogen (secondary N) is 4. The highest BCUT2D eigenvalue weighted by Gasteiger charge is 2.30. The number of hydrazine groups is 1. The number of aryl methyl sites for hydroxylation is 2. The fourth-order valence-corrected chi connectivity index (χ4v) is 3.55. The molecule has 0 aliphatic carbocycles. The minimum Gasteiger partial charge on any atom is -0.338 e. The Balaban J connectivity index is 1.47. The van der Waals surface area contributed by atoms with Crippen LogP contribution in [-0.2, 0) is 6.42 Å². The minimum absolute atomic E-state index is 0.0405. The predicted octanol–water partition coefficient (Wildman–Crippen LogP) is 1.21. The third-order valence-corrected chi connectivity index (χ3v) is 5.13. The number of aromatic nitrogens is 2. The molecule has 4 N–H and O–H groups in total. The first-order valence-corrected chi connectivity index (χ1v) is 8.81. The zero-order chi connectivity index (χ0) is 16.9. The zero-order valence-corrected chi connectivity index (χ0v) is 14.6. The summed E-state index contributed by atoms with van der Waals surface area (Å²) in [4.78, 5) is 22.2. The second-order valence-electron chi connectivity index (χ2n) is 5.76. The van der Waals surface area contributed by atoms with Crippen molar-refractivity contribution in [1.29, 1.82) is 0 Å². The van der Waals surface area contributed by atoms with E-state index in [1.165, 1.54) is 4.88 Å². The average Bonchev–Trinajstić information content (AvgIpc) is 3.15. The first-order chi connectivity index (χ1) is 11.6. The van der Waals surface area contributed by atoms with Crippen molar-refractivity contribution in [3.8, 4) is 0 Å². The fraction of sp³-hybridized carbons (Fsp3) is 0.438. The Morgan fingerprint density at radius 2 is 2.29 bits per heavy atom. The molecular weight excluding hydrogens is 324 g/mol. The van der Waals surface area contributed by atoms with Crippen LogP contribution in [0.5, 0.6) is 0 Å². The van der Waals surface area contributed by atoms with E-state index in [-0.39, 0.29) is 18.1 Å². The number of carbonyl (C=O) groups excluding carboxylic acids is 1. The summed E-state index contributed by atoms with van der Waals surface area (Å²) in [5.74, 6) is 0. The molecule has 0 spiro atoms. The molecule has 3 heterocycles. The molecule has 7 nitrogen and oxygen atoms in total. The van der Waals surface area contributed by atoms with Crippen LogP contribution < -0.4 is 21.5 Å². The number of nitrogens with zero attached hydrogens (tertiary/aromatic N) is 2. The SMILES string of the molecule is Cc1nc(CCNC(=O)NC2CNNC2c2ccccn2)sc1C. The zero-order valence-electron chi connectivity index (χ0n) is 13.8. The first kappa shape index (κ1) is 16.8. The molecular formula is C16H22N6OS. The van der Waals surface area contributed by atoms with Crippen LogP contribution in [0.15, 0.2) is 24.4 Å². The quantitative estimate of drug-likeness (QED) is 0.653. The summed E-state index contributed by atoms with van der Waals surface area (Å²) >= 11 is 1.69. The lowest BCUT2D eigenvalue weighted by atomic mass is 10.1. The number of pyridine rings is 1. The molecule has 3 rings (SSSR count). The molecule has 1 aliphatic heterocycles. The summed E-state index contributed by atoms with van der Waals surface area (Å²) in [7, 11) is 0. The van der Waals surface area contributed by atoms with Crippen LogP contribution in [0.1, 0.15) is 27.3 Å². The van der Waals surface area contributed by atoms with E-state index in [9.17, 15) is 4.79 Å². The number of carbonyl (C=O) groups is 1. The normalized spacial score (nSPS) is 20.1. The fourth-order valence-electron chi connectivity index (χ4n) is 2.62. The molecule has 0 aromatic carbocycles. The Labute approximate surface area is 145 Å². The number of urea groups is 1. The van der Waals surface area contributed by atoms with Gasteiger partial charge in [0.1, 0.15) is 0 Å². The molecule has 1 saturated heterocycles. The summed E-state index contributed by atoms with van der Waals surface area (Å²) in [6, 6.07) is 5.51. The third kappa shape index (κ3) is 4.08. The van der Waals surface area contributed by atoms with Gasteiger partial charge in [-0.1, -0.05) is 6.07 Å². The molecule has 2 atom stereocenters. The van der Waals surface area contributed by atoms with Crippen molar-refractivity contribution < 1.29 is 4.79 Å². The van der Waals surface area contributed by atoms with Gasteiger partial charge in [0.2, 0.25) is 0 Å². The number of hydrogen-bond acceptors (Lipinski definition) is 6. The van der Waals surface area contributed by atoms with Gasteiger partial charge in [0.05, 0.1) is 28.5 Å². The second-order valence-corrected chi connectivity index (χ2v) is 7.05. The smallest absolute Gasteiger partial charge is 0.315 e. The van der Waals surface area contributed by atoms with Gasteiger partial charge in [-0.2, -0.15) is 0 Å². The second kappa shape index (κ2) is 7.69. The van der Waals surface area contributed by atoms with E-state index in [0.29, 0.717) is 13.1 Å². The average molecular weight is 346 g/mol. The molecule has 2 amide bonds. The molecule has 24 heavy (non-hydrogen) atoms. The van der Waals surface area contributed by atoms with Crippen molar-refractivity contribution in [3.63, 3.8) is 0 Å². The molecule has 8 heteroatoms. The molecule has 0 saturated carbocycles. The lowest BCUT2D eigenvalue weighted by Crippen LogP contribution is -2.46. The molecule has 2 aromatic heterocycles.